The number of rotatable bonds is 7. The molecule has 144 valence electrons. The Morgan fingerprint density at radius 2 is 2.15 bits per heavy atom. The minimum atomic E-state index is -0.0121. The fourth-order valence-corrected chi connectivity index (χ4v) is 4.01. The van der Waals surface area contributed by atoms with Gasteiger partial charge in [-0.15, -0.1) is 11.3 Å². The monoisotopic (exact) mass is 387 g/mol. The molecule has 7 nitrogen and oxygen atoms in total. The first-order valence-electron chi connectivity index (χ1n) is 9.47. The lowest BCUT2D eigenvalue weighted by molar-refractivity contribution is 0.0156. The van der Waals surface area contributed by atoms with E-state index >= 15 is 0 Å². The summed E-state index contributed by atoms with van der Waals surface area (Å²) >= 11 is 1.59. The number of morpholine rings is 1. The summed E-state index contributed by atoms with van der Waals surface area (Å²) < 4.78 is 5.48. The highest BCUT2D eigenvalue weighted by Gasteiger charge is 2.34. The van der Waals surface area contributed by atoms with Crippen LogP contribution in [0.25, 0.3) is 0 Å². The molecule has 0 aromatic carbocycles. The van der Waals surface area contributed by atoms with Crippen molar-refractivity contribution in [2.45, 2.75) is 31.5 Å². The van der Waals surface area contributed by atoms with Gasteiger partial charge in [0.1, 0.15) is 5.01 Å². The SMILES string of the molecule is O=C(NC[C@@H](c1ccccn1)N1CCOCC1)N(Cc1nccs1)C1CC1. The van der Waals surface area contributed by atoms with E-state index in [1.54, 1.807) is 17.5 Å². The van der Waals surface area contributed by atoms with Gasteiger partial charge in [0.15, 0.2) is 0 Å². The number of nitrogens with one attached hydrogen (secondary N) is 1. The number of ether oxygens (including phenoxy) is 1. The zero-order valence-electron chi connectivity index (χ0n) is 15.3. The zero-order valence-corrected chi connectivity index (χ0v) is 16.1. The summed E-state index contributed by atoms with van der Waals surface area (Å²) in [6.45, 7) is 4.26. The Morgan fingerprint density at radius 3 is 2.81 bits per heavy atom. The van der Waals surface area contributed by atoms with Crippen molar-refractivity contribution >= 4 is 17.4 Å². The second-order valence-electron chi connectivity index (χ2n) is 6.89. The molecule has 1 atom stereocenters. The Balaban J connectivity index is 1.42. The largest absolute Gasteiger partial charge is 0.379 e. The third-order valence-corrected chi connectivity index (χ3v) is 5.76. The van der Waals surface area contributed by atoms with Crippen LogP contribution < -0.4 is 5.32 Å². The molecule has 1 aliphatic carbocycles. The van der Waals surface area contributed by atoms with Crippen molar-refractivity contribution in [1.82, 2.24) is 25.1 Å². The minimum Gasteiger partial charge on any atom is -0.379 e. The van der Waals surface area contributed by atoms with Crippen LogP contribution in [0.3, 0.4) is 0 Å². The molecule has 2 aromatic heterocycles. The van der Waals surface area contributed by atoms with Crippen LogP contribution in [0, 0.1) is 0 Å². The van der Waals surface area contributed by atoms with E-state index in [0.29, 0.717) is 19.1 Å². The Labute approximate surface area is 163 Å². The smallest absolute Gasteiger partial charge is 0.318 e. The van der Waals surface area contributed by atoms with Gasteiger partial charge >= 0.3 is 6.03 Å². The van der Waals surface area contributed by atoms with Gasteiger partial charge in [-0.2, -0.15) is 0 Å². The summed E-state index contributed by atoms with van der Waals surface area (Å²) in [7, 11) is 0. The van der Waals surface area contributed by atoms with E-state index in [2.05, 4.69) is 20.2 Å². The molecule has 0 bridgehead atoms. The molecule has 27 heavy (non-hydrogen) atoms. The van der Waals surface area contributed by atoms with Gasteiger partial charge in [-0.05, 0) is 25.0 Å². The van der Waals surface area contributed by atoms with Crippen LogP contribution in [0.4, 0.5) is 4.79 Å². The molecule has 1 N–H and O–H groups in total. The second-order valence-corrected chi connectivity index (χ2v) is 7.87. The van der Waals surface area contributed by atoms with Crippen molar-refractivity contribution in [2.24, 2.45) is 0 Å². The quantitative estimate of drug-likeness (QED) is 0.789. The molecule has 2 aliphatic rings. The van der Waals surface area contributed by atoms with E-state index in [1.807, 2.05) is 34.7 Å². The number of carbonyl (C=O) groups is 1. The van der Waals surface area contributed by atoms with Crippen molar-refractivity contribution in [3.05, 3.63) is 46.7 Å². The van der Waals surface area contributed by atoms with Crippen molar-refractivity contribution < 1.29 is 9.53 Å². The second kappa shape index (κ2) is 8.77. The van der Waals surface area contributed by atoms with Crippen LogP contribution in [0.5, 0.6) is 0 Å². The molecule has 4 rings (SSSR count). The molecular weight excluding hydrogens is 362 g/mol. The average molecular weight is 388 g/mol. The van der Waals surface area contributed by atoms with Gasteiger partial charge in [-0.1, -0.05) is 6.07 Å². The molecule has 2 amide bonds. The Morgan fingerprint density at radius 1 is 1.30 bits per heavy atom. The van der Waals surface area contributed by atoms with Gasteiger partial charge in [0, 0.05) is 43.4 Å². The maximum absolute atomic E-state index is 12.9. The first-order valence-corrected chi connectivity index (χ1v) is 10.3. The predicted molar refractivity (Wildman–Crippen MR) is 103 cm³/mol. The van der Waals surface area contributed by atoms with Crippen LogP contribution in [0.15, 0.2) is 36.0 Å². The Kier molecular flexibility index (Phi) is 5.96. The third kappa shape index (κ3) is 4.82. The number of urea groups is 1. The predicted octanol–water partition coefficient (Wildman–Crippen LogP) is 2.29. The van der Waals surface area contributed by atoms with E-state index in [1.165, 1.54) is 0 Å². The summed E-state index contributed by atoms with van der Waals surface area (Å²) in [5, 5.41) is 6.08. The summed E-state index contributed by atoms with van der Waals surface area (Å²) in [4.78, 5) is 26.0. The molecule has 1 saturated carbocycles. The Bertz CT molecular complexity index is 717. The van der Waals surface area contributed by atoms with Crippen molar-refractivity contribution in [3.8, 4) is 0 Å². The highest BCUT2D eigenvalue weighted by atomic mass is 32.1. The number of hydrogen-bond acceptors (Lipinski definition) is 6. The normalized spacial score (nSPS) is 18.8. The van der Waals surface area contributed by atoms with Gasteiger partial charge in [0.05, 0.1) is 31.5 Å². The van der Waals surface area contributed by atoms with Gasteiger partial charge < -0.3 is 15.0 Å². The zero-order chi connectivity index (χ0) is 18.5. The summed E-state index contributed by atoms with van der Waals surface area (Å²) in [5.74, 6) is 0. The average Bonchev–Trinajstić information content (AvgIpc) is 3.43. The maximum Gasteiger partial charge on any atom is 0.318 e. The highest BCUT2D eigenvalue weighted by Crippen LogP contribution is 2.29. The van der Waals surface area contributed by atoms with Gasteiger partial charge in [-0.3, -0.25) is 9.88 Å². The molecule has 0 unspecified atom stereocenters. The fourth-order valence-electron chi connectivity index (χ4n) is 3.40. The molecule has 1 saturated heterocycles. The van der Waals surface area contributed by atoms with Crippen molar-refractivity contribution in [2.75, 3.05) is 32.8 Å². The van der Waals surface area contributed by atoms with Crippen molar-refractivity contribution in [1.29, 1.82) is 0 Å². The van der Waals surface area contributed by atoms with Crippen LogP contribution in [0.2, 0.25) is 0 Å². The van der Waals surface area contributed by atoms with Crippen LogP contribution in [-0.2, 0) is 11.3 Å². The van der Waals surface area contributed by atoms with Crippen LogP contribution in [-0.4, -0.2) is 64.7 Å². The topological polar surface area (TPSA) is 70.6 Å². The summed E-state index contributed by atoms with van der Waals surface area (Å²) in [5.41, 5.74) is 0.984. The van der Waals surface area contributed by atoms with E-state index in [-0.39, 0.29) is 12.1 Å². The van der Waals surface area contributed by atoms with E-state index in [0.717, 1.165) is 49.8 Å². The molecule has 0 radical (unpaired) electrons. The summed E-state index contributed by atoms with van der Waals surface area (Å²) in [6, 6.07) is 6.32. The molecule has 8 heteroatoms. The fraction of sp³-hybridized carbons (Fsp3) is 0.526. The van der Waals surface area contributed by atoms with Crippen molar-refractivity contribution in [3.63, 3.8) is 0 Å². The Hall–Kier alpha value is -2.03. The number of thiazole rings is 1. The van der Waals surface area contributed by atoms with Gasteiger partial charge in [0.25, 0.3) is 0 Å². The molecule has 0 spiro atoms. The lowest BCUT2D eigenvalue weighted by Crippen LogP contribution is -2.47. The van der Waals surface area contributed by atoms with Crippen LogP contribution in [0.1, 0.15) is 29.6 Å². The van der Waals surface area contributed by atoms with E-state index in [9.17, 15) is 4.79 Å². The number of amides is 2. The molecule has 2 fully saturated rings. The first kappa shape index (κ1) is 18.3. The molecule has 2 aromatic rings. The lowest BCUT2D eigenvalue weighted by Gasteiger charge is -2.34. The lowest BCUT2D eigenvalue weighted by atomic mass is 10.1. The minimum absolute atomic E-state index is 0.0121. The van der Waals surface area contributed by atoms with E-state index in [4.69, 9.17) is 4.74 Å². The van der Waals surface area contributed by atoms with E-state index < -0.39 is 0 Å². The van der Waals surface area contributed by atoms with Crippen LogP contribution >= 0.6 is 11.3 Å². The summed E-state index contributed by atoms with van der Waals surface area (Å²) in [6.07, 6.45) is 5.75. The first-order chi connectivity index (χ1) is 13.3. The number of hydrogen-bond donors (Lipinski definition) is 1. The number of carbonyl (C=O) groups excluding carboxylic acids is 1. The number of pyridine rings is 1. The van der Waals surface area contributed by atoms with Gasteiger partial charge in [0.2, 0.25) is 0 Å². The molecular formula is C19H25N5O2S. The third-order valence-electron chi connectivity index (χ3n) is 5.00. The number of aromatic nitrogens is 2. The van der Waals surface area contributed by atoms with Gasteiger partial charge in [-0.25, -0.2) is 9.78 Å². The number of nitrogens with zero attached hydrogens (tertiary/aromatic N) is 4. The standard InChI is InChI=1S/C19H25N5O2S/c25-19(24(15-4-5-15)14-18-21-7-12-27-18)22-13-17(16-3-1-2-6-20-16)23-8-10-26-11-9-23/h1-3,6-7,12,15,17H,4-5,8-11,13-14H2,(H,22,25)/t17-/m0/s1. The maximum atomic E-state index is 12.9. The highest BCUT2D eigenvalue weighted by molar-refractivity contribution is 7.09. The molecule has 3 heterocycles. The molecule has 1 aliphatic heterocycles.